The summed E-state index contributed by atoms with van der Waals surface area (Å²) in [5, 5.41) is 3.78. The zero-order chi connectivity index (χ0) is 11.4. The molecule has 1 aromatic heterocycles. The van der Waals surface area contributed by atoms with Crippen LogP contribution in [0, 0.1) is 5.82 Å². The predicted molar refractivity (Wildman–Crippen MR) is 69.6 cm³/mol. The van der Waals surface area contributed by atoms with Gasteiger partial charge < -0.3 is 5.32 Å². The van der Waals surface area contributed by atoms with E-state index >= 15 is 0 Å². The van der Waals surface area contributed by atoms with Crippen molar-refractivity contribution >= 4 is 23.5 Å². The maximum Gasteiger partial charge on any atom is 0.141 e. The molecule has 1 aromatic rings. The maximum absolute atomic E-state index is 13.1. The first-order chi connectivity index (χ1) is 7.81. The van der Waals surface area contributed by atoms with Crippen LogP contribution in [0.4, 0.5) is 4.39 Å². The van der Waals surface area contributed by atoms with Crippen LogP contribution in [0.2, 0.25) is 0 Å². The molecule has 2 unspecified atom stereocenters. The summed E-state index contributed by atoms with van der Waals surface area (Å²) in [4.78, 5) is 3.92. The molecule has 88 valence electrons. The van der Waals surface area contributed by atoms with E-state index in [1.54, 1.807) is 12.3 Å². The summed E-state index contributed by atoms with van der Waals surface area (Å²) >= 11 is 3.93. The summed E-state index contributed by atoms with van der Waals surface area (Å²) in [5.74, 6) is 3.26. The van der Waals surface area contributed by atoms with Gasteiger partial charge in [0.15, 0.2) is 0 Å². The van der Waals surface area contributed by atoms with Gasteiger partial charge in [0.1, 0.15) is 5.82 Å². The SMILES string of the molecule is CNC(c1cncc(F)c1)C1CSCCS1. The van der Waals surface area contributed by atoms with E-state index in [0.717, 1.165) is 11.3 Å². The van der Waals surface area contributed by atoms with Crippen molar-refractivity contribution in [1.29, 1.82) is 0 Å². The molecule has 2 heterocycles. The van der Waals surface area contributed by atoms with E-state index in [2.05, 4.69) is 10.3 Å². The number of nitrogens with zero attached hydrogens (tertiary/aromatic N) is 1. The second kappa shape index (κ2) is 5.89. The monoisotopic (exact) mass is 258 g/mol. The largest absolute Gasteiger partial charge is 0.312 e. The minimum Gasteiger partial charge on any atom is -0.312 e. The Kier molecular flexibility index (Phi) is 4.49. The molecule has 0 amide bonds. The minimum absolute atomic E-state index is 0.195. The average Bonchev–Trinajstić information content (AvgIpc) is 2.31. The maximum atomic E-state index is 13.1. The van der Waals surface area contributed by atoms with Crippen LogP contribution < -0.4 is 5.32 Å². The van der Waals surface area contributed by atoms with Crippen LogP contribution >= 0.6 is 23.5 Å². The molecule has 1 N–H and O–H groups in total. The first-order valence-corrected chi connectivity index (χ1v) is 7.48. The Morgan fingerprint density at radius 3 is 3.00 bits per heavy atom. The Morgan fingerprint density at radius 2 is 2.38 bits per heavy atom. The lowest BCUT2D eigenvalue weighted by molar-refractivity contribution is 0.572. The topological polar surface area (TPSA) is 24.9 Å². The summed E-state index contributed by atoms with van der Waals surface area (Å²) in [6.07, 6.45) is 3.00. The third-order valence-corrected chi connectivity index (χ3v) is 5.47. The third-order valence-electron chi connectivity index (χ3n) is 2.61. The van der Waals surface area contributed by atoms with Crippen molar-refractivity contribution in [2.24, 2.45) is 0 Å². The summed E-state index contributed by atoms with van der Waals surface area (Å²) in [7, 11) is 1.93. The highest BCUT2D eigenvalue weighted by Crippen LogP contribution is 2.33. The van der Waals surface area contributed by atoms with Crippen LogP contribution in [0.3, 0.4) is 0 Å². The minimum atomic E-state index is -0.258. The molecule has 2 rings (SSSR count). The fraction of sp³-hybridized carbons (Fsp3) is 0.545. The van der Waals surface area contributed by atoms with Crippen LogP contribution in [0.5, 0.6) is 0 Å². The van der Waals surface area contributed by atoms with Crippen molar-refractivity contribution in [2.75, 3.05) is 24.3 Å². The molecule has 16 heavy (non-hydrogen) atoms. The summed E-state index contributed by atoms with van der Waals surface area (Å²) in [5.41, 5.74) is 0.947. The molecule has 2 nitrogen and oxygen atoms in total. The molecule has 0 aliphatic carbocycles. The number of aromatic nitrogens is 1. The van der Waals surface area contributed by atoms with Crippen LogP contribution in [-0.2, 0) is 0 Å². The van der Waals surface area contributed by atoms with E-state index in [4.69, 9.17) is 0 Å². The molecule has 0 aromatic carbocycles. The van der Waals surface area contributed by atoms with E-state index in [9.17, 15) is 4.39 Å². The molecule has 1 aliphatic heterocycles. The zero-order valence-corrected chi connectivity index (χ0v) is 10.8. The van der Waals surface area contributed by atoms with E-state index in [1.165, 1.54) is 17.7 Å². The van der Waals surface area contributed by atoms with Crippen molar-refractivity contribution in [2.45, 2.75) is 11.3 Å². The smallest absolute Gasteiger partial charge is 0.141 e. The normalized spacial score (nSPS) is 23.0. The molecule has 0 bridgehead atoms. The lowest BCUT2D eigenvalue weighted by atomic mass is 10.1. The fourth-order valence-corrected chi connectivity index (χ4v) is 4.77. The van der Waals surface area contributed by atoms with Gasteiger partial charge in [-0.2, -0.15) is 23.5 Å². The number of rotatable bonds is 3. The fourth-order valence-electron chi connectivity index (χ4n) is 1.86. The Hall–Kier alpha value is -0.260. The van der Waals surface area contributed by atoms with Crippen LogP contribution in [0.15, 0.2) is 18.5 Å². The van der Waals surface area contributed by atoms with Gasteiger partial charge in [-0.05, 0) is 18.7 Å². The molecule has 0 radical (unpaired) electrons. The van der Waals surface area contributed by atoms with E-state index in [1.807, 2.05) is 30.6 Å². The quantitative estimate of drug-likeness (QED) is 0.899. The number of nitrogens with one attached hydrogen (secondary N) is 1. The molecular formula is C11H15FN2S2. The lowest BCUT2D eigenvalue weighted by Crippen LogP contribution is -2.31. The van der Waals surface area contributed by atoms with Gasteiger partial charge in [0, 0.05) is 34.7 Å². The molecule has 0 saturated carbocycles. The Labute approximate surface area is 104 Å². The van der Waals surface area contributed by atoms with Crippen LogP contribution in [0.1, 0.15) is 11.6 Å². The van der Waals surface area contributed by atoms with E-state index < -0.39 is 0 Å². The Morgan fingerprint density at radius 1 is 1.50 bits per heavy atom. The summed E-state index contributed by atoms with van der Waals surface area (Å²) in [6, 6.07) is 1.77. The second-order valence-corrected chi connectivity index (χ2v) is 6.18. The third kappa shape index (κ3) is 2.90. The van der Waals surface area contributed by atoms with E-state index in [0.29, 0.717) is 5.25 Å². The number of hydrogen-bond donors (Lipinski definition) is 1. The number of halogens is 1. The molecule has 1 fully saturated rings. The summed E-state index contributed by atoms with van der Waals surface area (Å²) < 4.78 is 13.1. The number of thioether (sulfide) groups is 2. The molecule has 0 spiro atoms. The van der Waals surface area contributed by atoms with Gasteiger partial charge in [0.2, 0.25) is 0 Å². The average molecular weight is 258 g/mol. The highest BCUT2D eigenvalue weighted by molar-refractivity contribution is 8.06. The first kappa shape index (κ1) is 12.2. The van der Waals surface area contributed by atoms with Crippen LogP contribution in [0.25, 0.3) is 0 Å². The Balaban J connectivity index is 2.14. The van der Waals surface area contributed by atoms with Gasteiger partial charge in [-0.15, -0.1) is 0 Å². The molecule has 5 heteroatoms. The highest BCUT2D eigenvalue weighted by Gasteiger charge is 2.25. The molecule has 1 saturated heterocycles. The van der Waals surface area contributed by atoms with Gasteiger partial charge in [-0.1, -0.05) is 0 Å². The highest BCUT2D eigenvalue weighted by atomic mass is 32.2. The van der Waals surface area contributed by atoms with Crippen LogP contribution in [-0.4, -0.2) is 34.5 Å². The van der Waals surface area contributed by atoms with E-state index in [-0.39, 0.29) is 11.9 Å². The van der Waals surface area contributed by atoms with Gasteiger partial charge in [-0.3, -0.25) is 4.98 Å². The molecule has 1 aliphatic rings. The standard InChI is InChI=1S/C11H15FN2S2/c1-13-11(10-7-15-2-3-16-10)8-4-9(12)6-14-5-8/h4-6,10-11,13H,2-3,7H2,1H3. The van der Waals surface area contributed by atoms with Crippen molar-refractivity contribution in [3.8, 4) is 0 Å². The molecule has 2 atom stereocenters. The van der Waals surface area contributed by atoms with Crippen molar-refractivity contribution in [1.82, 2.24) is 10.3 Å². The summed E-state index contributed by atoms with van der Waals surface area (Å²) in [6.45, 7) is 0. The number of pyridine rings is 1. The van der Waals surface area contributed by atoms with Crippen molar-refractivity contribution in [3.63, 3.8) is 0 Å². The first-order valence-electron chi connectivity index (χ1n) is 5.28. The second-order valence-electron chi connectivity index (χ2n) is 3.69. The van der Waals surface area contributed by atoms with Gasteiger partial charge in [0.25, 0.3) is 0 Å². The lowest BCUT2D eigenvalue weighted by Gasteiger charge is -2.29. The van der Waals surface area contributed by atoms with Gasteiger partial charge in [0.05, 0.1) is 6.20 Å². The van der Waals surface area contributed by atoms with Crippen molar-refractivity contribution in [3.05, 3.63) is 29.8 Å². The zero-order valence-electron chi connectivity index (χ0n) is 9.15. The Bertz CT molecular complexity index is 343. The predicted octanol–water partition coefficient (Wildman–Crippen LogP) is 2.33. The van der Waals surface area contributed by atoms with Crippen molar-refractivity contribution < 1.29 is 4.39 Å². The van der Waals surface area contributed by atoms with Gasteiger partial charge in [-0.25, -0.2) is 4.39 Å². The van der Waals surface area contributed by atoms with Gasteiger partial charge >= 0.3 is 0 Å². The number of hydrogen-bond acceptors (Lipinski definition) is 4. The molecular weight excluding hydrogens is 243 g/mol.